The molecule has 2 amide bonds. The van der Waals surface area contributed by atoms with Gasteiger partial charge in [0.25, 0.3) is 0 Å². The molecule has 0 aromatic heterocycles. The second-order valence-corrected chi connectivity index (χ2v) is 7.15. The smallest absolute Gasteiger partial charge is 0.318 e. The van der Waals surface area contributed by atoms with Crippen LogP contribution in [0.25, 0.3) is 0 Å². The van der Waals surface area contributed by atoms with Crippen LogP contribution < -0.4 is 10.2 Å². The maximum Gasteiger partial charge on any atom is 0.318 e. The van der Waals surface area contributed by atoms with Crippen molar-refractivity contribution in [2.75, 3.05) is 18.5 Å². The Kier molecular flexibility index (Phi) is 3.68. The lowest BCUT2D eigenvalue weighted by molar-refractivity contribution is 0.0963. The number of benzene rings is 1. The molecule has 1 aromatic rings. The lowest BCUT2D eigenvalue weighted by atomic mass is 9.96. The summed E-state index contributed by atoms with van der Waals surface area (Å²) in [6.07, 6.45) is 3.78. The maximum atomic E-state index is 12.9. The van der Waals surface area contributed by atoms with Gasteiger partial charge in [-0.2, -0.15) is 0 Å². The minimum Gasteiger partial charge on any atom is -0.373 e. The van der Waals surface area contributed by atoms with Crippen LogP contribution in [0.3, 0.4) is 0 Å². The molecule has 2 fully saturated rings. The summed E-state index contributed by atoms with van der Waals surface area (Å²) in [5.74, 6) is 0. The SMILES string of the molecule is C[C@@H]1CN(C)c2ccccc2CN1C(=O)N[C@H]1C[C@H]2CC[C@H]1O2. The number of nitrogens with one attached hydrogen (secondary N) is 1. The number of nitrogens with zero attached hydrogens (tertiary/aromatic N) is 2. The summed E-state index contributed by atoms with van der Waals surface area (Å²) in [5.41, 5.74) is 2.43. The van der Waals surface area contributed by atoms with Crippen LogP contribution in [0.15, 0.2) is 24.3 Å². The number of urea groups is 1. The molecule has 3 aliphatic rings. The van der Waals surface area contributed by atoms with E-state index in [1.807, 2.05) is 11.0 Å². The molecule has 2 saturated heterocycles. The van der Waals surface area contributed by atoms with Crippen molar-refractivity contribution in [2.45, 2.75) is 57.0 Å². The first-order valence-electron chi connectivity index (χ1n) is 8.63. The highest BCUT2D eigenvalue weighted by molar-refractivity contribution is 5.76. The van der Waals surface area contributed by atoms with Gasteiger partial charge in [-0.3, -0.25) is 0 Å². The number of anilines is 1. The topological polar surface area (TPSA) is 44.8 Å². The van der Waals surface area contributed by atoms with Crippen LogP contribution in [0.5, 0.6) is 0 Å². The van der Waals surface area contributed by atoms with Crippen molar-refractivity contribution in [1.29, 1.82) is 0 Å². The predicted octanol–water partition coefficient (Wildman–Crippen LogP) is 2.36. The van der Waals surface area contributed by atoms with Crippen molar-refractivity contribution >= 4 is 11.7 Å². The lowest BCUT2D eigenvalue weighted by Gasteiger charge is -2.31. The fraction of sp³-hybridized carbons (Fsp3) is 0.611. The fourth-order valence-corrected chi connectivity index (χ4v) is 4.25. The van der Waals surface area contributed by atoms with Crippen molar-refractivity contribution in [3.8, 4) is 0 Å². The van der Waals surface area contributed by atoms with Gasteiger partial charge in [0.2, 0.25) is 0 Å². The van der Waals surface area contributed by atoms with E-state index in [4.69, 9.17) is 4.74 Å². The largest absolute Gasteiger partial charge is 0.373 e. The van der Waals surface area contributed by atoms with Gasteiger partial charge in [-0.15, -0.1) is 0 Å². The van der Waals surface area contributed by atoms with Crippen LogP contribution in [0, 0.1) is 0 Å². The number of ether oxygens (including phenoxy) is 1. The lowest BCUT2D eigenvalue weighted by Crippen LogP contribution is -2.51. The van der Waals surface area contributed by atoms with Crippen LogP contribution in [0.1, 0.15) is 31.7 Å². The van der Waals surface area contributed by atoms with Gasteiger partial charge in [0, 0.05) is 31.9 Å². The molecule has 3 heterocycles. The minimum atomic E-state index is 0.0451. The van der Waals surface area contributed by atoms with Gasteiger partial charge in [0.05, 0.1) is 18.2 Å². The molecule has 124 valence electrons. The summed E-state index contributed by atoms with van der Waals surface area (Å²) in [6.45, 7) is 3.63. The van der Waals surface area contributed by atoms with E-state index in [0.29, 0.717) is 12.6 Å². The van der Waals surface area contributed by atoms with Crippen LogP contribution in [-0.4, -0.2) is 48.8 Å². The third kappa shape index (κ3) is 2.67. The van der Waals surface area contributed by atoms with E-state index in [2.05, 4.69) is 42.4 Å². The van der Waals surface area contributed by atoms with Crippen molar-refractivity contribution in [2.24, 2.45) is 0 Å². The molecule has 0 aliphatic carbocycles. The number of rotatable bonds is 1. The Morgan fingerprint density at radius 2 is 2.13 bits per heavy atom. The van der Waals surface area contributed by atoms with E-state index in [9.17, 15) is 4.79 Å². The summed E-state index contributed by atoms with van der Waals surface area (Å²) in [5, 5.41) is 3.23. The Hall–Kier alpha value is -1.75. The normalized spacial score (nSPS) is 32.6. The predicted molar refractivity (Wildman–Crippen MR) is 89.5 cm³/mol. The molecular formula is C18H25N3O2. The number of likely N-dealkylation sites (N-methyl/N-ethyl adjacent to an activating group) is 1. The fourth-order valence-electron chi connectivity index (χ4n) is 4.25. The summed E-state index contributed by atoms with van der Waals surface area (Å²) < 4.78 is 5.86. The monoisotopic (exact) mass is 315 g/mol. The minimum absolute atomic E-state index is 0.0451. The van der Waals surface area contributed by atoms with E-state index >= 15 is 0 Å². The first-order chi connectivity index (χ1) is 11.1. The number of para-hydroxylation sites is 1. The van der Waals surface area contributed by atoms with Gasteiger partial charge in [-0.1, -0.05) is 18.2 Å². The first kappa shape index (κ1) is 14.8. The molecule has 5 heteroatoms. The second-order valence-electron chi connectivity index (χ2n) is 7.15. The highest BCUT2D eigenvalue weighted by atomic mass is 16.5. The molecule has 5 nitrogen and oxygen atoms in total. The van der Waals surface area contributed by atoms with E-state index in [-0.39, 0.29) is 24.2 Å². The average Bonchev–Trinajstić information content (AvgIpc) is 3.12. The molecule has 23 heavy (non-hydrogen) atoms. The van der Waals surface area contributed by atoms with Gasteiger partial charge >= 0.3 is 6.03 Å². The average molecular weight is 315 g/mol. The number of carbonyl (C=O) groups is 1. The van der Waals surface area contributed by atoms with Crippen molar-refractivity contribution in [1.82, 2.24) is 10.2 Å². The Balaban J connectivity index is 1.50. The molecule has 4 atom stereocenters. The zero-order valence-corrected chi connectivity index (χ0v) is 13.9. The Bertz CT molecular complexity index is 606. The Morgan fingerprint density at radius 1 is 1.30 bits per heavy atom. The molecule has 0 unspecified atom stereocenters. The molecule has 1 N–H and O–H groups in total. The van der Waals surface area contributed by atoms with E-state index in [0.717, 1.165) is 25.8 Å². The van der Waals surface area contributed by atoms with E-state index in [1.54, 1.807) is 0 Å². The molecule has 0 radical (unpaired) electrons. The van der Waals surface area contributed by atoms with Crippen LogP contribution in [0.2, 0.25) is 0 Å². The third-order valence-electron chi connectivity index (χ3n) is 5.49. The van der Waals surface area contributed by atoms with Crippen molar-refractivity contribution in [3.63, 3.8) is 0 Å². The molecule has 0 spiro atoms. The highest BCUT2D eigenvalue weighted by Crippen LogP contribution is 2.34. The van der Waals surface area contributed by atoms with Gasteiger partial charge in [0.1, 0.15) is 0 Å². The van der Waals surface area contributed by atoms with Gasteiger partial charge in [-0.05, 0) is 37.8 Å². The first-order valence-corrected chi connectivity index (χ1v) is 8.63. The number of hydrogen-bond donors (Lipinski definition) is 1. The van der Waals surface area contributed by atoms with Gasteiger partial charge in [0.15, 0.2) is 0 Å². The molecule has 4 rings (SSSR count). The van der Waals surface area contributed by atoms with Crippen molar-refractivity contribution in [3.05, 3.63) is 29.8 Å². The Morgan fingerprint density at radius 3 is 2.87 bits per heavy atom. The summed E-state index contributed by atoms with van der Waals surface area (Å²) in [6, 6.07) is 8.75. The van der Waals surface area contributed by atoms with E-state index in [1.165, 1.54) is 11.3 Å². The Labute approximate surface area is 137 Å². The molecule has 0 saturated carbocycles. The molecule has 1 aromatic carbocycles. The second kappa shape index (κ2) is 5.71. The zero-order chi connectivity index (χ0) is 16.0. The summed E-state index contributed by atoms with van der Waals surface area (Å²) in [7, 11) is 2.10. The van der Waals surface area contributed by atoms with Crippen molar-refractivity contribution < 1.29 is 9.53 Å². The summed E-state index contributed by atoms with van der Waals surface area (Å²) in [4.78, 5) is 17.1. The third-order valence-corrected chi connectivity index (χ3v) is 5.49. The summed E-state index contributed by atoms with van der Waals surface area (Å²) >= 11 is 0. The number of hydrogen-bond acceptors (Lipinski definition) is 3. The van der Waals surface area contributed by atoms with Gasteiger partial charge < -0.3 is 19.9 Å². The van der Waals surface area contributed by atoms with Gasteiger partial charge in [-0.25, -0.2) is 4.79 Å². The number of amides is 2. The standard InChI is InChI=1S/C18H25N3O2/c1-12-10-20(2)16-6-4-3-5-13(16)11-21(12)18(22)19-15-9-14-7-8-17(15)23-14/h3-6,12,14-15,17H,7-11H2,1-2H3,(H,19,22)/t12-,14-,15+,17-/m1/s1. The highest BCUT2D eigenvalue weighted by Gasteiger charge is 2.42. The van der Waals surface area contributed by atoms with E-state index < -0.39 is 0 Å². The van der Waals surface area contributed by atoms with Crippen LogP contribution in [-0.2, 0) is 11.3 Å². The molecule has 3 aliphatic heterocycles. The molecular weight excluding hydrogens is 290 g/mol. The number of fused-ring (bicyclic) bond motifs is 3. The van der Waals surface area contributed by atoms with Crippen LogP contribution >= 0.6 is 0 Å². The zero-order valence-electron chi connectivity index (χ0n) is 13.9. The quantitative estimate of drug-likeness (QED) is 0.865. The maximum absolute atomic E-state index is 12.9. The molecule has 2 bridgehead atoms. The van der Waals surface area contributed by atoms with Crippen LogP contribution in [0.4, 0.5) is 10.5 Å². The number of carbonyl (C=O) groups excluding carboxylic acids is 1.